The summed E-state index contributed by atoms with van der Waals surface area (Å²) >= 11 is 0. The lowest BCUT2D eigenvalue weighted by Gasteiger charge is -2.69. The van der Waals surface area contributed by atoms with Gasteiger partial charge in [-0.15, -0.1) is 0 Å². The van der Waals surface area contributed by atoms with Gasteiger partial charge in [0.1, 0.15) is 11.5 Å². The molecule has 1 aromatic heterocycles. The van der Waals surface area contributed by atoms with Crippen molar-refractivity contribution in [3.63, 3.8) is 0 Å². The first-order valence-corrected chi connectivity index (χ1v) is 20.6. The molecule has 0 aromatic carbocycles. The van der Waals surface area contributed by atoms with Crippen molar-refractivity contribution in [1.29, 1.82) is 0 Å². The molecule has 0 aliphatic heterocycles. The summed E-state index contributed by atoms with van der Waals surface area (Å²) in [5.74, 6) is 3.39. The van der Waals surface area contributed by atoms with Crippen molar-refractivity contribution in [3.8, 4) is 0 Å². The van der Waals surface area contributed by atoms with Crippen LogP contribution in [0.2, 0.25) is 0 Å². The number of allylic oxidation sites excluding steroid dienone is 2. The zero-order valence-electron chi connectivity index (χ0n) is 33.1. The van der Waals surface area contributed by atoms with E-state index in [2.05, 4.69) is 52.0 Å². The Bertz CT molecular complexity index is 1580. The van der Waals surface area contributed by atoms with E-state index in [1.54, 1.807) is 5.57 Å². The second-order valence-corrected chi connectivity index (χ2v) is 19.9. The second-order valence-electron chi connectivity index (χ2n) is 19.9. The fraction of sp³-hybridized carbons (Fsp3) is 0.818. The highest BCUT2D eigenvalue weighted by molar-refractivity contribution is 6.00. The summed E-state index contributed by atoms with van der Waals surface area (Å²) in [5.41, 5.74) is 5.42. The average molecular weight is 703 g/mol. The molecule has 0 amide bonds. The number of hydrogen-bond acceptors (Lipinski definition) is 6. The number of hydrogen-bond donors (Lipinski definition) is 2. The summed E-state index contributed by atoms with van der Waals surface area (Å²) in [5, 5.41) is 17.4. The van der Waals surface area contributed by atoms with Gasteiger partial charge in [0, 0.05) is 36.3 Å². The number of aliphatic carboxylic acids is 1. The van der Waals surface area contributed by atoms with Crippen molar-refractivity contribution in [3.05, 3.63) is 28.2 Å². The van der Waals surface area contributed by atoms with Crippen LogP contribution >= 0.6 is 0 Å². The number of carboxylic acids is 1. The van der Waals surface area contributed by atoms with Crippen LogP contribution in [0.15, 0.2) is 15.7 Å². The van der Waals surface area contributed by atoms with Crippen LogP contribution in [-0.4, -0.2) is 34.3 Å². The molecular formula is C44H66N2O5. The lowest BCUT2D eigenvalue weighted by molar-refractivity contribution is -0.193. The zero-order chi connectivity index (χ0) is 36.8. The van der Waals surface area contributed by atoms with E-state index in [4.69, 9.17) is 4.52 Å². The van der Waals surface area contributed by atoms with E-state index in [1.165, 1.54) is 44.1 Å². The third kappa shape index (κ3) is 5.66. The number of rotatable bonds is 10. The predicted molar refractivity (Wildman–Crippen MR) is 199 cm³/mol. The number of nitrogens with one attached hydrogen (secondary N) is 1. The molecule has 0 bridgehead atoms. The number of ketones is 2. The van der Waals surface area contributed by atoms with Crippen LogP contribution in [0.4, 0.5) is 0 Å². The smallest absolute Gasteiger partial charge is 0.306 e. The zero-order valence-corrected chi connectivity index (χ0v) is 33.1. The monoisotopic (exact) mass is 702 g/mol. The van der Waals surface area contributed by atoms with Crippen molar-refractivity contribution >= 4 is 17.5 Å². The molecule has 7 rings (SSSR count). The Morgan fingerprint density at radius 2 is 1.69 bits per heavy atom. The molecule has 5 fully saturated rings. The Balaban J connectivity index is 1.09. The molecule has 1 aromatic rings. The van der Waals surface area contributed by atoms with Gasteiger partial charge in [0.2, 0.25) is 0 Å². The quantitative estimate of drug-likeness (QED) is 0.234. The largest absolute Gasteiger partial charge is 0.481 e. The van der Waals surface area contributed by atoms with Gasteiger partial charge < -0.3 is 14.9 Å². The maximum atomic E-state index is 13.9. The molecule has 282 valence electrons. The minimum atomic E-state index is -0.748. The lowest BCUT2D eigenvalue weighted by atomic mass is 9.35. The van der Waals surface area contributed by atoms with Crippen LogP contribution < -0.4 is 5.32 Å². The van der Waals surface area contributed by atoms with Gasteiger partial charge in [-0.05, 0) is 148 Å². The maximum Gasteiger partial charge on any atom is 0.306 e. The number of carboxylic acid groups (broad SMARTS) is 1. The first-order valence-electron chi connectivity index (χ1n) is 20.6. The third-order valence-electron chi connectivity index (χ3n) is 17.2. The Morgan fingerprint density at radius 3 is 2.33 bits per heavy atom. The number of Topliss-reactive ketones (excluding diaryl/α,β-unsaturated/α-hetero) is 2. The van der Waals surface area contributed by atoms with Crippen LogP contribution in [-0.2, 0) is 20.9 Å². The normalized spacial score (nSPS) is 41.4. The molecule has 5 saturated carbocycles. The van der Waals surface area contributed by atoms with Gasteiger partial charge in [-0.1, -0.05) is 59.2 Å². The first kappa shape index (κ1) is 37.1. The Kier molecular flexibility index (Phi) is 9.40. The summed E-state index contributed by atoms with van der Waals surface area (Å²) in [6, 6.07) is 0. The maximum absolute atomic E-state index is 13.9. The molecule has 6 aliphatic rings. The van der Waals surface area contributed by atoms with Crippen molar-refractivity contribution in [2.75, 3.05) is 6.54 Å². The molecule has 0 saturated heterocycles. The number of fused-ring (bicyclic) bond motifs is 7. The third-order valence-corrected chi connectivity index (χ3v) is 17.2. The van der Waals surface area contributed by atoms with Crippen molar-refractivity contribution in [1.82, 2.24) is 10.5 Å². The fourth-order valence-corrected chi connectivity index (χ4v) is 14.4. The molecule has 11 unspecified atom stereocenters. The Labute approximate surface area is 306 Å². The molecule has 0 spiro atoms. The van der Waals surface area contributed by atoms with Gasteiger partial charge in [0.05, 0.1) is 11.6 Å². The minimum absolute atomic E-state index is 0.0110. The molecule has 7 nitrogen and oxygen atoms in total. The highest BCUT2D eigenvalue weighted by Gasteiger charge is 2.66. The van der Waals surface area contributed by atoms with Crippen LogP contribution in [0, 0.1) is 88.8 Å². The number of nitrogens with zero attached hydrogens (tertiary/aromatic N) is 1. The summed E-state index contributed by atoms with van der Waals surface area (Å²) in [6.45, 7) is 22.3. The van der Waals surface area contributed by atoms with E-state index in [0.717, 1.165) is 49.4 Å². The molecule has 6 aliphatic carbocycles. The van der Waals surface area contributed by atoms with Crippen LogP contribution in [0.25, 0.3) is 0 Å². The predicted octanol–water partition coefficient (Wildman–Crippen LogP) is 9.29. The molecule has 2 N–H and O–H groups in total. The van der Waals surface area contributed by atoms with Gasteiger partial charge in [0.15, 0.2) is 5.78 Å². The number of aromatic nitrogens is 1. The second kappa shape index (κ2) is 12.9. The minimum Gasteiger partial charge on any atom is -0.481 e. The number of carbonyl (C=O) groups is 3. The van der Waals surface area contributed by atoms with E-state index in [0.29, 0.717) is 60.4 Å². The van der Waals surface area contributed by atoms with Crippen LogP contribution in [0.3, 0.4) is 0 Å². The van der Waals surface area contributed by atoms with Gasteiger partial charge >= 0.3 is 5.97 Å². The fourth-order valence-electron chi connectivity index (χ4n) is 14.4. The van der Waals surface area contributed by atoms with Gasteiger partial charge in [0.25, 0.3) is 0 Å². The van der Waals surface area contributed by atoms with Crippen LogP contribution in [0.5, 0.6) is 0 Å². The van der Waals surface area contributed by atoms with Crippen molar-refractivity contribution in [2.45, 2.75) is 146 Å². The summed E-state index contributed by atoms with van der Waals surface area (Å²) < 4.78 is 5.40. The van der Waals surface area contributed by atoms with Crippen molar-refractivity contribution in [2.24, 2.45) is 74.9 Å². The van der Waals surface area contributed by atoms with E-state index in [-0.39, 0.29) is 45.3 Å². The van der Waals surface area contributed by atoms with E-state index in [9.17, 15) is 19.5 Å². The van der Waals surface area contributed by atoms with Gasteiger partial charge in [-0.25, -0.2) is 0 Å². The summed E-state index contributed by atoms with van der Waals surface area (Å²) in [7, 11) is 0. The highest BCUT2D eigenvalue weighted by Crippen LogP contribution is 2.74. The van der Waals surface area contributed by atoms with Gasteiger partial charge in [-0.3, -0.25) is 14.4 Å². The molecule has 7 heteroatoms. The van der Waals surface area contributed by atoms with E-state index < -0.39 is 5.97 Å². The average Bonchev–Trinajstić information content (AvgIpc) is 3.53. The summed E-state index contributed by atoms with van der Waals surface area (Å²) in [4.78, 5) is 39.1. The molecule has 11 atom stereocenters. The SMILES string of the molecule is Cc1noc(C)c1CNCCC12CCC3C(CCC4C3(C)CCC3C(C)(C)C(CC(=O)C5CC(C(=O)O)C5C)CCC34C)C1=C(C(C)C)C(=O)C2. The Morgan fingerprint density at radius 1 is 0.961 bits per heavy atom. The number of aryl methyl sites for hydroxylation is 2. The molecule has 0 radical (unpaired) electrons. The Hall–Kier alpha value is -2.28. The van der Waals surface area contributed by atoms with Crippen molar-refractivity contribution < 1.29 is 24.0 Å². The topological polar surface area (TPSA) is 110 Å². The first-order chi connectivity index (χ1) is 24.0. The van der Waals surface area contributed by atoms with E-state index in [1.807, 2.05) is 20.8 Å². The molecule has 1 heterocycles. The summed E-state index contributed by atoms with van der Waals surface area (Å²) in [6.07, 6.45) is 12.4. The number of carbonyl (C=O) groups excluding carboxylic acids is 2. The van der Waals surface area contributed by atoms with Gasteiger partial charge in [-0.2, -0.15) is 0 Å². The lowest BCUT2D eigenvalue weighted by Crippen LogP contribution is -2.62. The molecule has 51 heavy (non-hydrogen) atoms. The van der Waals surface area contributed by atoms with Crippen LogP contribution in [0.1, 0.15) is 143 Å². The standard InChI is InChI=1S/C44H66N2O5/c1-24(2)38-35(48)22-44(18-19-45-23-32-26(4)46-51-27(32)5)17-13-33-29(39(38)44)10-11-37-42(33,8)16-14-36-41(6,7)28(12-15-43(36,37)9)20-34(47)30-21-31(25(30)3)40(49)50/h24-25,28-31,33,36-37,45H,10-23H2,1-9H3,(H,49,50). The van der Waals surface area contributed by atoms with E-state index >= 15 is 0 Å². The molecular weight excluding hydrogens is 636 g/mol. The highest BCUT2D eigenvalue weighted by atomic mass is 16.5.